The molecule has 1 unspecified atom stereocenters. The number of fused-ring (bicyclic) bond motifs is 1. The average Bonchev–Trinajstić information content (AvgIpc) is 3.02. The van der Waals surface area contributed by atoms with Crippen molar-refractivity contribution < 1.29 is 4.79 Å². The van der Waals surface area contributed by atoms with E-state index >= 15 is 0 Å². The number of pyridine rings is 1. The van der Waals surface area contributed by atoms with Crippen molar-refractivity contribution in [1.82, 2.24) is 20.1 Å². The van der Waals surface area contributed by atoms with Crippen molar-refractivity contribution in [1.29, 1.82) is 0 Å². The Morgan fingerprint density at radius 1 is 1.48 bits per heavy atom. The van der Waals surface area contributed by atoms with Gasteiger partial charge in [-0.1, -0.05) is 6.07 Å². The Balaban J connectivity index is 1.76. The van der Waals surface area contributed by atoms with Gasteiger partial charge in [-0.3, -0.25) is 14.7 Å². The summed E-state index contributed by atoms with van der Waals surface area (Å²) in [5.74, 6) is -0.134. The molecule has 0 radical (unpaired) electrons. The Bertz CT molecular complexity index is 703. The lowest BCUT2D eigenvalue weighted by atomic mass is 9.91. The van der Waals surface area contributed by atoms with Crippen LogP contribution in [0.25, 0.3) is 0 Å². The van der Waals surface area contributed by atoms with Crippen LogP contribution in [0.3, 0.4) is 0 Å². The Labute approximate surface area is 122 Å². The van der Waals surface area contributed by atoms with Crippen LogP contribution in [0.5, 0.6) is 0 Å². The molecule has 1 aliphatic carbocycles. The highest BCUT2D eigenvalue weighted by Crippen LogP contribution is 2.20. The SMILES string of the molecule is CCn1c2c(ccc1=O)CC(NC(=O)c1ccn[nH]1)CC2. The Kier molecular flexibility index (Phi) is 3.60. The minimum Gasteiger partial charge on any atom is -0.348 e. The van der Waals surface area contributed by atoms with E-state index in [0.29, 0.717) is 12.2 Å². The zero-order valence-corrected chi connectivity index (χ0v) is 11.9. The first-order chi connectivity index (χ1) is 10.2. The number of carbonyl (C=O) groups is 1. The van der Waals surface area contributed by atoms with E-state index in [0.717, 1.165) is 30.5 Å². The molecule has 0 saturated heterocycles. The van der Waals surface area contributed by atoms with Gasteiger partial charge in [-0.05, 0) is 37.8 Å². The van der Waals surface area contributed by atoms with Gasteiger partial charge >= 0.3 is 0 Å². The molecule has 1 amide bonds. The third kappa shape index (κ3) is 2.61. The molecule has 6 nitrogen and oxygen atoms in total. The highest BCUT2D eigenvalue weighted by atomic mass is 16.2. The molecule has 3 rings (SSSR count). The van der Waals surface area contributed by atoms with Gasteiger partial charge in [-0.25, -0.2) is 0 Å². The minimum absolute atomic E-state index is 0.0520. The van der Waals surface area contributed by atoms with Crippen LogP contribution < -0.4 is 10.9 Å². The van der Waals surface area contributed by atoms with Gasteiger partial charge in [0.05, 0.1) is 0 Å². The van der Waals surface area contributed by atoms with Crippen molar-refractivity contribution in [3.05, 3.63) is 51.7 Å². The predicted octanol–water partition coefficient (Wildman–Crippen LogP) is 0.879. The van der Waals surface area contributed by atoms with Crippen LogP contribution in [-0.2, 0) is 19.4 Å². The summed E-state index contributed by atoms with van der Waals surface area (Å²) in [6.07, 6.45) is 3.98. The number of hydrogen-bond donors (Lipinski definition) is 2. The number of nitrogens with zero attached hydrogens (tertiary/aromatic N) is 2. The third-order valence-electron chi connectivity index (χ3n) is 3.98. The lowest BCUT2D eigenvalue weighted by Gasteiger charge is -2.27. The van der Waals surface area contributed by atoms with Crippen molar-refractivity contribution in [2.45, 2.75) is 38.8 Å². The first kappa shape index (κ1) is 13.6. The van der Waals surface area contributed by atoms with Gasteiger partial charge in [-0.2, -0.15) is 5.10 Å². The van der Waals surface area contributed by atoms with E-state index in [1.54, 1.807) is 18.3 Å². The average molecular weight is 286 g/mol. The minimum atomic E-state index is -0.134. The van der Waals surface area contributed by atoms with Crippen molar-refractivity contribution in [3.63, 3.8) is 0 Å². The number of H-pyrrole nitrogens is 1. The summed E-state index contributed by atoms with van der Waals surface area (Å²) in [7, 11) is 0. The van der Waals surface area contributed by atoms with Crippen LogP contribution in [0.15, 0.2) is 29.2 Å². The lowest BCUT2D eigenvalue weighted by molar-refractivity contribution is 0.0928. The van der Waals surface area contributed by atoms with Crippen LogP contribution in [0.4, 0.5) is 0 Å². The summed E-state index contributed by atoms with van der Waals surface area (Å²) in [5, 5.41) is 9.46. The molecule has 1 atom stereocenters. The van der Waals surface area contributed by atoms with Crippen molar-refractivity contribution >= 4 is 5.91 Å². The second kappa shape index (κ2) is 5.55. The molecule has 2 heterocycles. The standard InChI is InChI=1S/C15H18N4O2/c1-2-19-13-5-4-11(9-10(13)3-6-14(19)20)17-15(21)12-7-8-16-18-12/h3,6-8,11H,2,4-5,9H2,1H3,(H,16,18)(H,17,21). The first-order valence-electron chi connectivity index (χ1n) is 7.21. The third-order valence-corrected chi connectivity index (χ3v) is 3.98. The largest absolute Gasteiger partial charge is 0.348 e. The van der Waals surface area contributed by atoms with Gasteiger partial charge in [-0.15, -0.1) is 0 Å². The summed E-state index contributed by atoms with van der Waals surface area (Å²) in [6.45, 7) is 2.67. The maximum Gasteiger partial charge on any atom is 0.269 e. The smallest absolute Gasteiger partial charge is 0.269 e. The molecule has 21 heavy (non-hydrogen) atoms. The fraction of sp³-hybridized carbons (Fsp3) is 0.400. The normalized spacial score (nSPS) is 17.3. The number of carbonyl (C=O) groups excluding carboxylic acids is 1. The topological polar surface area (TPSA) is 79.8 Å². The molecule has 0 saturated carbocycles. The molecular formula is C15H18N4O2. The van der Waals surface area contributed by atoms with Crippen LogP contribution in [-0.4, -0.2) is 26.7 Å². The second-order valence-corrected chi connectivity index (χ2v) is 5.27. The molecule has 0 aromatic carbocycles. The predicted molar refractivity (Wildman–Crippen MR) is 78.2 cm³/mol. The number of aromatic amines is 1. The monoisotopic (exact) mass is 286 g/mol. The number of rotatable bonds is 3. The highest BCUT2D eigenvalue weighted by Gasteiger charge is 2.23. The number of hydrogen-bond acceptors (Lipinski definition) is 3. The zero-order valence-electron chi connectivity index (χ0n) is 11.9. The van der Waals surface area contributed by atoms with Gasteiger partial charge in [0.15, 0.2) is 0 Å². The van der Waals surface area contributed by atoms with E-state index in [1.165, 1.54) is 0 Å². The fourth-order valence-electron chi connectivity index (χ4n) is 2.94. The molecule has 0 bridgehead atoms. The van der Waals surface area contributed by atoms with Crippen LogP contribution >= 0.6 is 0 Å². The second-order valence-electron chi connectivity index (χ2n) is 5.27. The molecule has 2 aromatic rings. The van der Waals surface area contributed by atoms with E-state index in [1.807, 2.05) is 17.6 Å². The van der Waals surface area contributed by atoms with Crippen LogP contribution in [0.1, 0.15) is 35.1 Å². The summed E-state index contributed by atoms with van der Waals surface area (Å²) >= 11 is 0. The van der Waals surface area contributed by atoms with E-state index in [2.05, 4.69) is 15.5 Å². The molecule has 0 spiro atoms. The van der Waals surface area contributed by atoms with Crippen LogP contribution in [0, 0.1) is 0 Å². The van der Waals surface area contributed by atoms with Crippen molar-refractivity contribution in [2.24, 2.45) is 0 Å². The van der Waals surface area contributed by atoms with Gasteiger partial charge in [0.25, 0.3) is 11.5 Å². The van der Waals surface area contributed by atoms with Gasteiger partial charge < -0.3 is 9.88 Å². The van der Waals surface area contributed by atoms with Crippen molar-refractivity contribution in [2.75, 3.05) is 0 Å². The number of nitrogens with one attached hydrogen (secondary N) is 2. The number of amides is 1. The quantitative estimate of drug-likeness (QED) is 0.879. The Hall–Kier alpha value is -2.37. The van der Waals surface area contributed by atoms with Crippen molar-refractivity contribution in [3.8, 4) is 0 Å². The first-order valence-corrected chi connectivity index (χ1v) is 7.21. The molecule has 1 aliphatic rings. The molecule has 0 aliphatic heterocycles. The molecule has 6 heteroatoms. The van der Waals surface area contributed by atoms with Crippen LogP contribution in [0.2, 0.25) is 0 Å². The van der Waals surface area contributed by atoms with E-state index < -0.39 is 0 Å². The molecular weight excluding hydrogens is 268 g/mol. The van der Waals surface area contributed by atoms with Gasteiger partial charge in [0, 0.05) is 30.5 Å². The summed E-state index contributed by atoms with van der Waals surface area (Å²) in [4.78, 5) is 23.8. The highest BCUT2D eigenvalue weighted by molar-refractivity contribution is 5.92. The molecule has 0 fully saturated rings. The summed E-state index contributed by atoms with van der Waals surface area (Å²) in [6, 6.07) is 5.25. The summed E-state index contributed by atoms with van der Waals surface area (Å²) < 4.78 is 1.82. The van der Waals surface area contributed by atoms with E-state index in [9.17, 15) is 9.59 Å². The van der Waals surface area contributed by atoms with E-state index in [4.69, 9.17) is 0 Å². The zero-order chi connectivity index (χ0) is 14.8. The Morgan fingerprint density at radius 3 is 3.05 bits per heavy atom. The maximum absolute atomic E-state index is 12.0. The Morgan fingerprint density at radius 2 is 2.33 bits per heavy atom. The summed E-state index contributed by atoms with van der Waals surface area (Å²) in [5.41, 5.74) is 2.78. The molecule has 2 N–H and O–H groups in total. The van der Waals surface area contributed by atoms with E-state index in [-0.39, 0.29) is 17.5 Å². The fourth-order valence-corrected chi connectivity index (χ4v) is 2.94. The lowest BCUT2D eigenvalue weighted by Crippen LogP contribution is -2.40. The number of aromatic nitrogens is 3. The van der Waals surface area contributed by atoms with Gasteiger partial charge in [0.2, 0.25) is 0 Å². The molecule has 2 aromatic heterocycles. The van der Waals surface area contributed by atoms with Gasteiger partial charge in [0.1, 0.15) is 5.69 Å². The molecule has 110 valence electrons. The maximum atomic E-state index is 12.0.